The minimum atomic E-state index is -0.485. The van der Waals surface area contributed by atoms with E-state index in [9.17, 15) is 9.18 Å². The lowest BCUT2D eigenvalue weighted by Gasteiger charge is -2.14. The highest BCUT2D eigenvalue weighted by Gasteiger charge is 2.15. The molecule has 0 fully saturated rings. The van der Waals surface area contributed by atoms with E-state index in [-0.39, 0.29) is 30.0 Å². The molecule has 4 nitrogen and oxygen atoms in total. The Morgan fingerprint density at radius 1 is 1.67 bits per heavy atom. The van der Waals surface area contributed by atoms with Crippen LogP contribution in [0.5, 0.6) is 0 Å². The van der Waals surface area contributed by atoms with Gasteiger partial charge in [-0.25, -0.2) is 4.39 Å². The van der Waals surface area contributed by atoms with Crippen molar-refractivity contribution in [2.75, 3.05) is 19.0 Å². The number of nitrogens with one attached hydrogen (secondary N) is 1. The SMILES string of the molecule is COC(CN)CC(=O)Nc1c(Cl)cc(F)cc1Br. The van der Waals surface area contributed by atoms with Crippen LogP contribution in [0.2, 0.25) is 5.02 Å². The Balaban J connectivity index is 2.76. The molecular formula is C11H13BrClFN2O2. The molecule has 1 rings (SSSR count). The fourth-order valence-electron chi connectivity index (χ4n) is 1.32. The predicted octanol–water partition coefficient (Wildman–Crippen LogP) is 2.54. The summed E-state index contributed by atoms with van der Waals surface area (Å²) < 4.78 is 18.4. The van der Waals surface area contributed by atoms with Crippen LogP contribution in [0.1, 0.15) is 6.42 Å². The summed E-state index contributed by atoms with van der Waals surface area (Å²) in [6, 6.07) is 2.34. The summed E-state index contributed by atoms with van der Waals surface area (Å²) in [6.07, 6.45) is -0.254. The largest absolute Gasteiger partial charge is 0.380 e. The molecule has 100 valence electrons. The van der Waals surface area contributed by atoms with Crippen molar-refractivity contribution < 1.29 is 13.9 Å². The van der Waals surface area contributed by atoms with Crippen LogP contribution in [-0.4, -0.2) is 25.7 Å². The van der Waals surface area contributed by atoms with E-state index in [1.54, 1.807) is 0 Å². The number of benzene rings is 1. The molecule has 0 bridgehead atoms. The van der Waals surface area contributed by atoms with E-state index in [4.69, 9.17) is 22.1 Å². The monoisotopic (exact) mass is 338 g/mol. The Kier molecular flexibility index (Phi) is 6.01. The Hall–Kier alpha value is -0.690. The zero-order valence-electron chi connectivity index (χ0n) is 9.67. The van der Waals surface area contributed by atoms with Crippen LogP contribution in [0.3, 0.4) is 0 Å². The second kappa shape index (κ2) is 7.04. The van der Waals surface area contributed by atoms with Gasteiger partial charge in [0, 0.05) is 18.1 Å². The lowest BCUT2D eigenvalue weighted by Crippen LogP contribution is -2.28. The van der Waals surface area contributed by atoms with Gasteiger partial charge in [-0.05, 0) is 28.1 Å². The van der Waals surface area contributed by atoms with E-state index >= 15 is 0 Å². The molecule has 0 spiro atoms. The maximum atomic E-state index is 13.0. The van der Waals surface area contributed by atoms with E-state index in [0.717, 1.165) is 6.07 Å². The molecule has 0 saturated carbocycles. The minimum absolute atomic E-state index is 0.104. The molecule has 0 saturated heterocycles. The van der Waals surface area contributed by atoms with E-state index in [2.05, 4.69) is 21.2 Å². The summed E-state index contributed by atoms with van der Waals surface area (Å²) in [5, 5.41) is 2.71. The molecule has 1 unspecified atom stereocenters. The molecule has 3 N–H and O–H groups in total. The van der Waals surface area contributed by atoms with Crippen molar-refractivity contribution >= 4 is 39.1 Å². The van der Waals surface area contributed by atoms with Crippen LogP contribution < -0.4 is 11.1 Å². The van der Waals surface area contributed by atoms with E-state index in [0.29, 0.717) is 10.2 Å². The van der Waals surface area contributed by atoms with Gasteiger partial charge in [-0.1, -0.05) is 11.6 Å². The fraction of sp³-hybridized carbons (Fsp3) is 0.364. The molecule has 0 aliphatic rings. The molecule has 0 aliphatic carbocycles. The maximum absolute atomic E-state index is 13.0. The number of halogens is 3. The van der Waals surface area contributed by atoms with E-state index < -0.39 is 5.82 Å². The number of hydrogen-bond acceptors (Lipinski definition) is 3. The first-order valence-corrected chi connectivity index (χ1v) is 6.32. The zero-order valence-corrected chi connectivity index (χ0v) is 12.0. The average molecular weight is 340 g/mol. The van der Waals surface area contributed by atoms with Gasteiger partial charge >= 0.3 is 0 Å². The smallest absolute Gasteiger partial charge is 0.227 e. The molecule has 0 aliphatic heterocycles. The number of hydrogen-bond donors (Lipinski definition) is 2. The van der Waals surface area contributed by atoms with Crippen LogP contribution >= 0.6 is 27.5 Å². The summed E-state index contributed by atoms with van der Waals surface area (Å²) >= 11 is 8.97. The predicted molar refractivity (Wildman–Crippen MR) is 72.2 cm³/mol. The van der Waals surface area contributed by atoms with Gasteiger partial charge in [-0.15, -0.1) is 0 Å². The molecule has 7 heteroatoms. The third-order valence-electron chi connectivity index (χ3n) is 2.28. The van der Waals surface area contributed by atoms with Crippen LogP contribution in [0.15, 0.2) is 16.6 Å². The quantitative estimate of drug-likeness (QED) is 0.866. The van der Waals surface area contributed by atoms with Crippen LogP contribution in [0.4, 0.5) is 10.1 Å². The third-order valence-corrected chi connectivity index (χ3v) is 3.20. The van der Waals surface area contributed by atoms with Gasteiger partial charge in [0.1, 0.15) is 5.82 Å². The highest BCUT2D eigenvalue weighted by atomic mass is 79.9. The number of methoxy groups -OCH3 is 1. The Bertz CT molecular complexity index is 418. The van der Waals surface area contributed by atoms with Crippen LogP contribution in [-0.2, 0) is 9.53 Å². The number of carbonyl (C=O) groups is 1. The second-order valence-corrected chi connectivity index (χ2v) is 4.85. The molecule has 0 radical (unpaired) electrons. The molecule has 18 heavy (non-hydrogen) atoms. The van der Waals surface area contributed by atoms with Gasteiger partial charge in [0.15, 0.2) is 0 Å². The van der Waals surface area contributed by atoms with Gasteiger partial charge in [-0.2, -0.15) is 0 Å². The zero-order chi connectivity index (χ0) is 13.7. The summed E-state index contributed by atoms with van der Waals surface area (Å²) in [6.45, 7) is 0.238. The summed E-state index contributed by atoms with van der Waals surface area (Å²) in [5.41, 5.74) is 5.74. The summed E-state index contributed by atoms with van der Waals surface area (Å²) in [7, 11) is 1.48. The van der Waals surface area contributed by atoms with Crippen LogP contribution in [0.25, 0.3) is 0 Å². The van der Waals surface area contributed by atoms with Gasteiger partial charge in [0.05, 0.1) is 23.2 Å². The lowest BCUT2D eigenvalue weighted by atomic mass is 10.2. The van der Waals surface area contributed by atoms with E-state index in [1.807, 2.05) is 0 Å². The second-order valence-electron chi connectivity index (χ2n) is 3.59. The van der Waals surface area contributed by atoms with Crippen LogP contribution in [0, 0.1) is 5.82 Å². The Morgan fingerprint density at radius 2 is 2.33 bits per heavy atom. The molecule has 0 heterocycles. The van der Waals surface area contributed by atoms with Crippen molar-refractivity contribution in [3.63, 3.8) is 0 Å². The number of amides is 1. The number of carbonyl (C=O) groups excluding carboxylic acids is 1. The first-order valence-electron chi connectivity index (χ1n) is 5.15. The average Bonchev–Trinajstić information content (AvgIpc) is 2.30. The first kappa shape index (κ1) is 15.4. The number of ether oxygens (including phenoxy) is 1. The standard InChI is InChI=1S/C11H13BrClFN2O2/c1-18-7(5-15)4-10(17)16-11-8(12)2-6(14)3-9(11)13/h2-3,7H,4-5,15H2,1H3,(H,16,17). The van der Waals surface area contributed by atoms with E-state index in [1.165, 1.54) is 13.2 Å². The molecule has 1 atom stereocenters. The van der Waals surface area contributed by atoms with Gasteiger partial charge in [0.2, 0.25) is 5.91 Å². The fourth-order valence-corrected chi connectivity index (χ4v) is 2.22. The minimum Gasteiger partial charge on any atom is -0.380 e. The highest BCUT2D eigenvalue weighted by Crippen LogP contribution is 2.31. The Labute approximate surface area is 118 Å². The maximum Gasteiger partial charge on any atom is 0.227 e. The molecule has 1 aromatic carbocycles. The van der Waals surface area contributed by atoms with Crippen molar-refractivity contribution in [1.82, 2.24) is 0 Å². The topological polar surface area (TPSA) is 64.3 Å². The van der Waals surface area contributed by atoms with Crippen molar-refractivity contribution in [3.05, 3.63) is 27.4 Å². The number of nitrogens with two attached hydrogens (primary N) is 1. The van der Waals surface area contributed by atoms with Crippen molar-refractivity contribution in [3.8, 4) is 0 Å². The summed E-state index contributed by atoms with van der Waals surface area (Å²) in [5.74, 6) is -0.789. The summed E-state index contributed by atoms with van der Waals surface area (Å²) in [4.78, 5) is 11.7. The highest BCUT2D eigenvalue weighted by molar-refractivity contribution is 9.10. The normalized spacial score (nSPS) is 12.3. The third kappa shape index (κ3) is 4.20. The van der Waals surface area contributed by atoms with Gasteiger partial charge in [0.25, 0.3) is 0 Å². The molecule has 0 aromatic heterocycles. The van der Waals surface area contributed by atoms with Gasteiger partial charge in [-0.3, -0.25) is 4.79 Å². The first-order chi connectivity index (χ1) is 8.47. The van der Waals surface area contributed by atoms with Gasteiger partial charge < -0.3 is 15.8 Å². The van der Waals surface area contributed by atoms with Crippen molar-refractivity contribution in [1.29, 1.82) is 0 Å². The number of anilines is 1. The lowest BCUT2D eigenvalue weighted by molar-refractivity contribution is -0.118. The van der Waals surface area contributed by atoms with Crippen molar-refractivity contribution in [2.24, 2.45) is 5.73 Å². The Morgan fingerprint density at radius 3 is 2.83 bits per heavy atom. The molecule has 1 aromatic rings. The van der Waals surface area contributed by atoms with Crippen molar-refractivity contribution in [2.45, 2.75) is 12.5 Å². The molecular weight excluding hydrogens is 326 g/mol. The number of rotatable bonds is 5. The molecule has 1 amide bonds.